The number of hydrogen-bond donors (Lipinski definition) is 2. The van der Waals surface area contributed by atoms with Crippen LogP contribution in [0.2, 0.25) is 0 Å². The third-order valence-corrected chi connectivity index (χ3v) is 4.06. The third kappa shape index (κ3) is 4.23. The Morgan fingerprint density at radius 3 is 2.95 bits per heavy atom. The minimum atomic E-state index is -0.0776. The van der Waals surface area contributed by atoms with Crippen molar-refractivity contribution in [3.8, 4) is 0 Å². The van der Waals surface area contributed by atoms with Crippen molar-refractivity contribution in [2.24, 2.45) is 0 Å². The molecular formula is C14H21N3OS. The fourth-order valence-corrected chi connectivity index (χ4v) is 3.01. The molecule has 0 bridgehead atoms. The van der Waals surface area contributed by atoms with E-state index in [-0.39, 0.29) is 11.9 Å². The van der Waals surface area contributed by atoms with Crippen LogP contribution in [0.25, 0.3) is 0 Å². The Hall–Kier alpha value is -1.04. The van der Waals surface area contributed by atoms with Gasteiger partial charge in [0, 0.05) is 30.3 Å². The summed E-state index contributed by atoms with van der Waals surface area (Å²) in [4.78, 5) is 14.3. The maximum absolute atomic E-state index is 12.2. The van der Waals surface area contributed by atoms with Crippen molar-refractivity contribution in [1.82, 2.24) is 10.2 Å². The molecule has 1 atom stereocenters. The van der Waals surface area contributed by atoms with Crippen molar-refractivity contribution < 1.29 is 4.79 Å². The topological polar surface area (TPSA) is 44.4 Å². The molecule has 4 nitrogen and oxygen atoms in total. The van der Waals surface area contributed by atoms with Crippen LogP contribution in [0.3, 0.4) is 0 Å². The van der Waals surface area contributed by atoms with E-state index >= 15 is 0 Å². The Morgan fingerprint density at radius 1 is 1.47 bits per heavy atom. The van der Waals surface area contributed by atoms with E-state index in [1.807, 2.05) is 44.1 Å². The van der Waals surface area contributed by atoms with Crippen LogP contribution in [0.1, 0.15) is 5.56 Å². The molecular weight excluding hydrogens is 258 g/mol. The molecule has 104 valence electrons. The lowest BCUT2D eigenvalue weighted by atomic mass is 10.1. The number of para-hydroxylation sites is 1. The highest BCUT2D eigenvalue weighted by atomic mass is 32.2. The molecule has 0 aromatic heterocycles. The number of rotatable bonds is 4. The third-order valence-electron chi connectivity index (χ3n) is 3.00. The first-order valence-corrected chi connectivity index (χ1v) is 7.67. The van der Waals surface area contributed by atoms with Gasteiger partial charge in [0.15, 0.2) is 0 Å². The highest BCUT2D eigenvalue weighted by Crippen LogP contribution is 2.17. The lowest BCUT2D eigenvalue weighted by Crippen LogP contribution is -2.46. The average molecular weight is 279 g/mol. The van der Waals surface area contributed by atoms with E-state index in [0.717, 1.165) is 35.8 Å². The molecule has 1 aromatic carbocycles. The molecule has 2 rings (SSSR count). The van der Waals surface area contributed by atoms with E-state index in [1.54, 1.807) is 0 Å². The van der Waals surface area contributed by atoms with Gasteiger partial charge in [-0.3, -0.25) is 4.79 Å². The molecule has 1 aliphatic rings. The molecule has 1 amide bonds. The maximum atomic E-state index is 12.2. The first-order chi connectivity index (χ1) is 9.16. The Labute approximate surface area is 118 Å². The van der Waals surface area contributed by atoms with Crippen LogP contribution >= 0.6 is 11.8 Å². The van der Waals surface area contributed by atoms with Gasteiger partial charge in [0.25, 0.3) is 0 Å². The van der Waals surface area contributed by atoms with Crippen molar-refractivity contribution >= 4 is 23.4 Å². The minimum absolute atomic E-state index is 0.0680. The van der Waals surface area contributed by atoms with E-state index in [4.69, 9.17) is 0 Å². The molecule has 2 N–H and O–H groups in total. The number of anilines is 1. The molecule has 1 aliphatic heterocycles. The molecule has 1 unspecified atom stereocenters. The van der Waals surface area contributed by atoms with Crippen molar-refractivity contribution in [3.63, 3.8) is 0 Å². The van der Waals surface area contributed by atoms with E-state index in [9.17, 15) is 4.79 Å². The number of nitrogens with one attached hydrogen (secondary N) is 2. The minimum Gasteiger partial charge on any atom is -0.324 e. The smallest absolute Gasteiger partial charge is 0.242 e. The second-order valence-electron chi connectivity index (χ2n) is 4.97. The number of nitrogens with zero attached hydrogens (tertiary/aromatic N) is 1. The highest BCUT2D eigenvalue weighted by Gasteiger charge is 2.21. The van der Waals surface area contributed by atoms with Crippen LogP contribution in [-0.4, -0.2) is 49.0 Å². The summed E-state index contributed by atoms with van der Waals surface area (Å²) in [7, 11) is 4.05. The maximum Gasteiger partial charge on any atom is 0.242 e. The highest BCUT2D eigenvalue weighted by molar-refractivity contribution is 7.99. The van der Waals surface area contributed by atoms with Crippen LogP contribution < -0.4 is 10.6 Å². The summed E-state index contributed by atoms with van der Waals surface area (Å²) in [6, 6.07) is 7.90. The van der Waals surface area contributed by atoms with Gasteiger partial charge < -0.3 is 15.5 Å². The Kier molecular flexibility index (Phi) is 5.24. The first kappa shape index (κ1) is 14.4. The van der Waals surface area contributed by atoms with Crippen molar-refractivity contribution in [2.75, 3.05) is 37.5 Å². The fraction of sp³-hybridized carbons (Fsp3) is 0.500. The molecule has 0 saturated carbocycles. The summed E-state index contributed by atoms with van der Waals surface area (Å²) in [6.45, 7) is 1.73. The molecule has 0 spiro atoms. The van der Waals surface area contributed by atoms with Gasteiger partial charge in [-0.1, -0.05) is 18.2 Å². The predicted octanol–water partition coefficient (Wildman–Crippen LogP) is 1.39. The SMILES string of the molecule is CN(C)Cc1ccccc1NC(=O)C1CSCCN1. The van der Waals surface area contributed by atoms with E-state index < -0.39 is 0 Å². The Morgan fingerprint density at radius 2 is 2.26 bits per heavy atom. The van der Waals surface area contributed by atoms with Crippen LogP contribution in [-0.2, 0) is 11.3 Å². The number of hydrogen-bond acceptors (Lipinski definition) is 4. The van der Waals surface area contributed by atoms with Gasteiger partial charge in [0.2, 0.25) is 5.91 Å². The lowest BCUT2D eigenvalue weighted by Gasteiger charge is -2.23. The summed E-state index contributed by atoms with van der Waals surface area (Å²) in [6.07, 6.45) is 0. The van der Waals surface area contributed by atoms with Crippen molar-refractivity contribution in [3.05, 3.63) is 29.8 Å². The quantitative estimate of drug-likeness (QED) is 0.874. The zero-order valence-corrected chi connectivity index (χ0v) is 12.3. The van der Waals surface area contributed by atoms with E-state index in [2.05, 4.69) is 21.6 Å². The van der Waals surface area contributed by atoms with Crippen LogP contribution in [0.5, 0.6) is 0 Å². The average Bonchev–Trinajstić information content (AvgIpc) is 2.41. The molecule has 0 aliphatic carbocycles. The van der Waals surface area contributed by atoms with E-state index in [1.165, 1.54) is 0 Å². The van der Waals surface area contributed by atoms with Crippen LogP contribution in [0, 0.1) is 0 Å². The molecule has 1 fully saturated rings. The van der Waals surface area contributed by atoms with Crippen molar-refractivity contribution in [1.29, 1.82) is 0 Å². The molecule has 1 heterocycles. The summed E-state index contributed by atoms with van der Waals surface area (Å²) in [5, 5.41) is 6.30. The van der Waals surface area contributed by atoms with Gasteiger partial charge in [0.1, 0.15) is 0 Å². The second kappa shape index (κ2) is 6.93. The number of carbonyl (C=O) groups is 1. The largest absolute Gasteiger partial charge is 0.324 e. The standard InChI is InChI=1S/C14H21N3OS/c1-17(2)9-11-5-3-4-6-12(11)16-14(18)13-10-19-8-7-15-13/h3-6,13,15H,7-10H2,1-2H3,(H,16,18). The van der Waals surface area contributed by atoms with Gasteiger partial charge in [-0.05, 0) is 25.7 Å². The molecule has 0 radical (unpaired) electrons. The lowest BCUT2D eigenvalue weighted by molar-refractivity contribution is -0.117. The van der Waals surface area contributed by atoms with E-state index in [0.29, 0.717) is 0 Å². The Bertz CT molecular complexity index is 430. The van der Waals surface area contributed by atoms with Crippen LogP contribution in [0.4, 0.5) is 5.69 Å². The van der Waals surface area contributed by atoms with Gasteiger partial charge in [-0.15, -0.1) is 0 Å². The predicted molar refractivity (Wildman–Crippen MR) is 81.6 cm³/mol. The number of amides is 1. The van der Waals surface area contributed by atoms with Crippen LogP contribution in [0.15, 0.2) is 24.3 Å². The molecule has 1 aromatic rings. The summed E-state index contributed by atoms with van der Waals surface area (Å²) in [5.74, 6) is 2.00. The fourth-order valence-electron chi connectivity index (χ4n) is 2.07. The van der Waals surface area contributed by atoms with Gasteiger partial charge in [-0.25, -0.2) is 0 Å². The zero-order valence-electron chi connectivity index (χ0n) is 11.5. The summed E-state index contributed by atoms with van der Waals surface area (Å²) in [5.41, 5.74) is 2.06. The monoisotopic (exact) mass is 279 g/mol. The molecule has 1 saturated heterocycles. The van der Waals surface area contributed by atoms with Gasteiger partial charge in [0.05, 0.1) is 6.04 Å². The van der Waals surface area contributed by atoms with Gasteiger partial charge in [-0.2, -0.15) is 11.8 Å². The molecule has 19 heavy (non-hydrogen) atoms. The summed E-state index contributed by atoms with van der Waals surface area (Å²) < 4.78 is 0. The zero-order chi connectivity index (χ0) is 13.7. The number of thioether (sulfide) groups is 1. The first-order valence-electron chi connectivity index (χ1n) is 6.51. The van der Waals surface area contributed by atoms with Gasteiger partial charge >= 0.3 is 0 Å². The van der Waals surface area contributed by atoms with Crippen molar-refractivity contribution in [2.45, 2.75) is 12.6 Å². The number of benzene rings is 1. The summed E-state index contributed by atoms with van der Waals surface area (Å²) >= 11 is 1.83. The second-order valence-corrected chi connectivity index (χ2v) is 6.12. The normalized spacial score (nSPS) is 19.4. The Balaban J connectivity index is 2.03. The molecule has 5 heteroatoms. The number of carbonyl (C=O) groups excluding carboxylic acids is 1.